The third-order valence-electron chi connectivity index (χ3n) is 1.98. The molecule has 0 radical (unpaired) electrons. The third-order valence-corrected chi connectivity index (χ3v) is 3.92. The van der Waals surface area contributed by atoms with E-state index in [-0.39, 0.29) is 70.0 Å². The van der Waals surface area contributed by atoms with Gasteiger partial charge >= 0.3 is 59.1 Å². The number of Topliss-reactive ketones (excluding diaryl/α,β-unsaturated/α-hetero) is 1. The zero-order valence-corrected chi connectivity index (χ0v) is 17.5. The second kappa shape index (κ2) is 9.84. The minimum atomic E-state index is -4.68. The van der Waals surface area contributed by atoms with Gasteiger partial charge in [0.25, 0.3) is 0 Å². The molecule has 0 aliphatic carbocycles. The van der Waals surface area contributed by atoms with Crippen LogP contribution < -0.4 is 74.2 Å². The molecule has 0 aliphatic heterocycles. The molecule has 0 aromatic carbocycles. The van der Waals surface area contributed by atoms with E-state index in [2.05, 4.69) is 10.3 Å². The number of carbonyl (C=O) groups is 2. The summed E-state index contributed by atoms with van der Waals surface area (Å²) in [6.45, 7) is 3.02. The molecular weight excluding hydrogens is 325 g/mol. The van der Waals surface area contributed by atoms with Crippen molar-refractivity contribution in [1.29, 1.82) is 0 Å². The number of nitrogens with one attached hydrogen (secondary N) is 1. The molecule has 0 unspecified atom stereocenters. The van der Waals surface area contributed by atoms with E-state index >= 15 is 0 Å². The van der Waals surface area contributed by atoms with Crippen molar-refractivity contribution in [1.82, 2.24) is 4.98 Å². The van der Waals surface area contributed by atoms with Crippen LogP contribution in [0.1, 0.15) is 28.7 Å². The molecule has 7 nitrogen and oxygen atoms in total. The van der Waals surface area contributed by atoms with Crippen LogP contribution in [0.4, 0.5) is 5.13 Å². The van der Waals surface area contributed by atoms with Crippen LogP contribution in [0.15, 0.2) is 0 Å². The van der Waals surface area contributed by atoms with E-state index in [1.54, 1.807) is 6.92 Å². The Balaban J connectivity index is 0. The molecule has 1 aromatic rings. The van der Waals surface area contributed by atoms with E-state index < -0.39 is 26.1 Å². The number of carbonyl (C=O) groups excluding carboxylic acids is 2. The summed E-state index contributed by atoms with van der Waals surface area (Å²) in [6.07, 6.45) is -1.15. The van der Waals surface area contributed by atoms with Gasteiger partial charge in [-0.15, -0.1) is 0 Å². The molecule has 11 heteroatoms. The standard InChI is InChI=1S/C9H13N2O5PS.2Na/c1-5-8(6(2)12)18-9(10-5)11-7(13)3-4-17(14,15)16;;/h3-4H2,1-2H3,(H,10,11,13)(H2,14,15,16);;/q;2*+1/p-2. The quantitative estimate of drug-likeness (QED) is 0.324. The van der Waals surface area contributed by atoms with Crippen molar-refractivity contribution in [2.75, 3.05) is 11.5 Å². The van der Waals surface area contributed by atoms with E-state index in [1.165, 1.54) is 6.92 Å². The molecule has 1 rings (SSSR count). The summed E-state index contributed by atoms with van der Waals surface area (Å²) in [5.41, 5.74) is 0.501. The van der Waals surface area contributed by atoms with Gasteiger partial charge in [0.1, 0.15) is 0 Å². The molecule has 1 N–H and O–H groups in total. The Bertz CT molecular complexity index is 530. The molecule has 0 bridgehead atoms. The van der Waals surface area contributed by atoms with E-state index in [9.17, 15) is 23.9 Å². The van der Waals surface area contributed by atoms with Crippen LogP contribution in [0.2, 0.25) is 0 Å². The van der Waals surface area contributed by atoms with Gasteiger partial charge in [0.05, 0.1) is 10.6 Å². The maximum Gasteiger partial charge on any atom is 1.00 e. The fraction of sp³-hybridized carbons (Fsp3) is 0.444. The molecule has 0 aliphatic rings. The molecule has 1 aromatic heterocycles. The number of hydrogen-bond acceptors (Lipinski definition) is 7. The SMILES string of the molecule is CC(=O)c1sc(NC(=O)CCP(=O)([O-])[O-])nc1C.[Na+].[Na+]. The van der Waals surface area contributed by atoms with Gasteiger partial charge in [-0.1, -0.05) is 18.9 Å². The Kier molecular flexibility index (Phi) is 11.4. The molecule has 1 heterocycles. The van der Waals surface area contributed by atoms with E-state index in [0.717, 1.165) is 11.3 Å². The molecule has 0 saturated heterocycles. The number of amides is 1. The fourth-order valence-electron chi connectivity index (χ4n) is 1.20. The number of nitrogens with zero attached hydrogens (tertiary/aromatic N) is 1. The molecule has 100 valence electrons. The van der Waals surface area contributed by atoms with Crippen molar-refractivity contribution >= 4 is 35.8 Å². The van der Waals surface area contributed by atoms with E-state index in [4.69, 9.17) is 0 Å². The van der Waals surface area contributed by atoms with Gasteiger partial charge < -0.3 is 19.7 Å². The number of anilines is 1. The Labute approximate surface area is 164 Å². The number of rotatable bonds is 5. The predicted molar refractivity (Wildman–Crippen MR) is 62.6 cm³/mol. The molecule has 0 saturated carbocycles. The third kappa shape index (κ3) is 8.38. The number of ketones is 1. The van der Waals surface area contributed by atoms with Crippen molar-refractivity contribution in [2.24, 2.45) is 0 Å². The zero-order valence-electron chi connectivity index (χ0n) is 11.8. The Morgan fingerprint density at radius 2 is 1.90 bits per heavy atom. The van der Waals surface area contributed by atoms with Crippen LogP contribution >= 0.6 is 18.9 Å². The van der Waals surface area contributed by atoms with Crippen LogP contribution in [-0.4, -0.2) is 22.8 Å². The summed E-state index contributed by atoms with van der Waals surface area (Å²) in [7, 11) is -4.68. The molecule has 20 heavy (non-hydrogen) atoms. The summed E-state index contributed by atoms with van der Waals surface area (Å²) in [5.74, 6) is -0.778. The van der Waals surface area contributed by atoms with Crippen LogP contribution in [0.5, 0.6) is 0 Å². The smallest absolute Gasteiger partial charge is 0.811 e. The summed E-state index contributed by atoms with van der Waals surface area (Å²) >= 11 is 1.01. The van der Waals surface area contributed by atoms with Crippen molar-refractivity contribution in [3.05, 3.63) is 10.6 Å². The monoisotopic (exact) mass is 336 g/mol. The second-order valence-corrected chi connectivity index (χ2v) is 6.29. The Morgan fingerprint density at radius 3 is 2.30 bits per heavy atom. The molecule has 0 spiro atoms. The maximum absolute atomic E-state index is 11.3. The van der Waals surface area contributed by atoms with Gasteiger partial charge in [0, 0.05) is 13.3 Å². The average molecular weight is 336 g/mol. The maximum atomic E-state index is 11.3. The van der Waals surface area contributed by atoms with Crippen LogP contribution in [0.3, 0.4) is 0 Å². The van der Waals surface area contributed by atoms with Crippen LogP contribution in [-0.2, 0) is 9.36 Å². The largest absolute Gasteiger partial charge is 1.00 e. The molecule has 0 atom stereocenters. The van der Waals surface area contributed by atoms with Crippen molar-refractivity contribution in [2.45, 2.75) is 20.3 Å². The second-order valence-electron chi connectivity index (χ2n) is 3.62. The summed E-state index contributed by atoms with van der Waals surface area (Å²) in [4.78, 5) is 47.6. The molecule has 0 fully saturated rings. The normalized spacial score (nSPS) is 10.2. The van der Waals surface area contributed by atoms with Gasteiger partial charge in [-0.2, -0.15) is 0 Å². The Hall–Kier alpha value is 0.920. The average Bonchev–Trinajstić information content (AvgIpc) is 2.55. The van der Waals surface area contributed by atoms with Crippen molar-refractivity contribution in [3.63, 3.8) is 0 Å². The topological polar surface area (TPSA) is 122 Å². The zero-order chi connectivity index (χ0) is 13.9. The van der Waals surface area contributed by atoms with Gasteiger partial charge in [0.15, 0.2) is 10.9 Å². The van der Waals surface area contributed by atoms with Gasteiger partial charge in [-0.25, -0.2) is 4.98 Å². The summed E-state index contributed by atoms with van der Waals surface area (Å²) in [5, 5.41) is 2.56. The van der Waals surface area contributed by atoms with E-state index in [0.29, 0.717) is 10.6 Å². The first-order valence-corrected chi connectivity index (χ1v) is 7.53. The number of thiazole rings is 1. The summed E-state index contributed by atoms with van der Waals surface area (Å²) < 4.78 is 10.4. The number of hydrogen-bond donors (Lipinski definition) is 1. The Morgan fingerprint density at radius 1 is 1.35 bits per heavy atom. The van der Waals surface area contributed by atoms with Gasteiger partial charge in [-0.3, -0.25) is 9.59 Å². The van der Waals surface area contributed by atoms with Crippen molar-refractivity contribution in [3.8, 4) is 0 Å². The number of aryl methyl sites for hydroxylation is 1. The van der Waals surface area contributed by atoms with Gasteiger partial charge in [0.2, 0.25) is 5.91 Å². The first-order valence-electron chi connectivity index (χ1n) is 4.98. The van der Waals surface area contributed by atoms with Crippen LogP contribution in [0, 0.1) is 6.92 Å². The number of aromatic nitrogens is 1. The first-order chi connectivity index (χ1) is 8.19. The minimum Gasteiger partial charge on any atom is -0.811 e. The minimum absolute atomic E-state index is 0. The van der Waals surface area contributed by atoms with Crippen molar-refractivity contribution < 1.29 is 83.1 Å². The fourth-order valence-corrected chi connectivity index (χ4v) is 2.55. The predicted octanol–water partition coefficient (Wildman–Crippen LogP) is -6.10. The van der Waals surface area contributed by atoms with Crippen LogP contribution in [0.25, 0.3) is 0 Å². The van der Waals surface area contributed by atoms with E-state index in [1.807, 2.05) is 0 Å². The first kappa shape index (κ1) is 23.2. The molecular formula is C9H11N2Na2O5PS. The summed E-state index contributed by atoms with van der Waals surface area (Å²) in [6, 6.07) is 0. The van der Waals surface area contributed by atoms with Gasteiger partial charge in [-0.05, 0) is 13.1 Å². The molecule has 1 amide bonds.